The van der Waals surface area contributed by atoms with Crippen LogP contribution in [0.2, 0.25) is 0 Å². The lowest BCUT2D eigenvalue weighted by molar-refractivity contribution is 0.0670. The predicted molar refractivity (Wildman–Crippen MR) is 84.7 cm³/mol. The molecule has 0 spiro atoms. The minimum absolute atomic E-state index is 0.0834. The molecule has 6 nitrogen and oxygen atoms in total. The molecule has 0 aliphatic carbocycles. The van der Waals surface area contributed by atoms with E-state index in [2.05, 4.69) is 0 Å². The molecule has 0 aliphatic heterocycles. The molecule has 122 valence electrons. The number of carboxylic acids is 1. The summed E-state index contributed by atoms with van der Waals surface area (Å²) in [6.07, 6.45) is 1.14. The summed E-state index contributed by atoms with van der Waals surface area (Å²) in [4.78, 5) is 23.6. The summed E-state index contributed by atoms with van der Waals surface area (Å²) in [6.45, 7) is 1.97. The predicted octanol–water partition coefficient (Wildman–Crippen LogP) is 1.90. The summed E-state index contributed by atoms with van der Waals surface area (Å²) in [7, 11) is 0. The molecule has 1 aromatic carbocycles. The Hall–Kier alpha value is -2.60. The number of aliphatic hydroxyl groups is 1. The normalized spacial score (nSPS) is 11.9. The van der Waals surface area contributed by atoms with Crippen LogP contribution in [-0.2, 0) is 13.2 Å². The Morgan fingerprint density at radius 1 is 1.26 bits per heavy atom. The standard InChI is InChI=1S/C17H19NO5/c1-2-13(19)10-18-9-8-14(20)16(15(18)17(21)22)23-11-12-6-4-3-5-7-12/h3-9,13,19H,2,10-11H2,1H3,(H,21,22). The van der Waals surface area contributed by atoms with Crippen molar-refractivity contribution in [2.45, 2.75) is 32.6 Å². The first-order valence-corrected chi connectivity index (χ1v) is 7.34. The minimum Gasteiger partial charge on any atom is -0.482 e. The van der Waals surface area contributed by atoms with Gasteiger partial charge in [0.1, 0.15) is 6.61 Å². The largest absolute Gasteiger partial charge is 0.482 e. The van der Waals surface area contributed by atoms with Gasteiger partial charge in [-0.1, -0.05) is 37.3 Å². The van der Waals surface area contributed by atoms with Crippen molar-refractivity contribution >= 4 is 5.97 Å². The molecule has 2 aromatic rings. The summed E-state index contributed by atoms with van der Waals surface area (Å²) in [5, 5.41) is 19.2. The average Bonchev–Trinajstić information content (AvgIpc) is 2.55. The Kier molecular flexibility index (Phi) is 5.54. The Bertz CT molecular complexity index is 724. The van der Waals surface area contributed by atoms with Crippen LogP contribution in [0.4, 0.5) is 0 Å². The number of aliphatic hydroxyl groups excluding tert-OH is 1. The summed E-state index contributed by atoms with van der Waals surface area (Å²) in [5.74, 6) is -1.48. The zero-order chi connectivity index (χ0) is 16.8. The molecule has 0 fully saturated rings. The van der Waals surface area contributed by atoms with Gasteiger partial charge in [-0.25, -0.2) is 4.79 Å². The van der Waals surface area contributed by atoms with Crippen LogP contribution in [0.15, 0.2) is 47.4 Å². The van der Waals surface area contributed by atoms with Crippen molar-refractivity contribution in [1.82, 2.24) is 4.57 Å². The molecular weight excluding hydrogens is 298 g/mol. The fraction of sp³-hybridized carbons (Fsp3) is 0.294. The van der Waals surface area contributed by atoms with Gasteiger partial charge in [-0.3, -0.25) is 4.79 Å². The van der Waals surface area contributed by atoms with E-state index in [9.17, 15) is 19.8 Å². The zero-order valence-corrected chi connectivity index (χ0v) is 12.8. The number of benzene rings is 1. The molecule has 2 N–H and O–H groups in total. The number of aromatic carboxylic acids is 1. The van der Waals surface area contributed by atoms with Crippen LogP contribution in [0.3, 0.4) is 0 Å². The molecule has 0 aliphatic rings. The van der Waals surface area contributed by atoms with Crippen molar-refractivity contribution in [2.24, 2.45) is 0 Å². The highest BCUT2D eigenvalue weighted by Gasteiger charge is 2.20. The molecular formula is C17H19NO5. The van der Waals surface area contributed by atoms with Crippen LogP contribution in [0, 0.1) is 0 Å². The van der Waals surface area contributed by atoms with Crippen molar-refractivity contribution < 1.29 is 19.7 Å². The van der Waals surface area contributed by atoms with Crippen LogP contribution in [0.1, 0.15) is 29.4 Å². The zero-order valence-electron chi connectivity index (χ0n) is 12.8. The minimum atomic E-state index is -1.27. The monoisotopic (exact) mass is 317 g/mol. The molecule has 1 atom stereocenters. The molecule has 1 unspecified atom stereocenters. The lowest BCUT2D eigenvalue weighted by Crippen LogP contribution is -2.24. The number of aromatic nitrogens is 1. The second-order valence-electron chi connectivity index (χ2n) is 5.15. The molecule has 0 amide bonds. The highest BCUT2D eigenvalue weighted by molar-refractivity contribution is 5.88. The van der Waals surface area contributed by atoms with Gasteiger partial charge in [-0.05, 0) is 12.0 Å². The second-order valence-corrected chi connectivity index (χ2v) is 5.15. The van der Waals surface area contributed by atoms with E-state index in [1.54, 1.807) is 6.92 Å². The number of hydrogen-bond acceptors (Lipinski definition) is 4. The molecule has 0 saturated carbocycles. The number of pyridine rings is 1. The Morgan fingerprint density at radius 2 is 1.96 bits per heavy atom. The van der Waals surface area contributed by atoms with Gasteiger partial charge < -0.3 is 19.5 Å². The van der Waals surface area contributed by atoms with Gasteiger partial charge in [0.2, 0.25) is 5.43 Å². The molecule has 6 heteroatoms. The van der Waals surface area contributed by atoms with Crippen LogP contribution in [0.5, 0.6) is 5.75 Å². The highest BCUT2D eigenvalue weighted by atomic mass is 16.5. The number of ether oxygens (including phenoxy) is 1. The van der Waals surface area contributed by atoms with E-state index in [1.807, 2.05) is 30.3 Å². The van der Waals surface area contributed by atoms with E-state index in [-0.39, 0.29) is 24.6 Å². The Labute approximate surface area is 133 Å². The third-order valence-electron chi connectivity index (χ3n) is 3.44. The topological polar surface area (TPSA) is 88.8 Å². The Balaban J connectivity index is 2.34. The van der Waals surface area contributed by atoms with E-state index in [4.69, 9.17) is 4.74 Å². The van der Waals surface area contributed by atoms with Gasteiger partial charge in [0, 0.05) is 18.8 Å². The highest BCUT2D eigenvalue weighted by Crippen LogP contribution is 2.16. The van der Waals surface area contributed by atoms with Gasteiger partial charge in [0.25, 0.3) is 0 Å². The van der Waals surface area contributed by atoms with Gasteiger partial charge in [-0.15, -0.1) is 0 Å². The lowest BCUT2D eigenvalue weighted by atomic mass is 10.2. The summed E-state index contributed by atoms with van der Waals surface area (Å²) in [6, 6.07) is 10.4. The van der Waals surface area contributed by atoms with Gasteiger partial charge >= 0.3 is 5.97 Å². The van der Waals surface area contributed by atoms with Crippen LogP contribution in [-0.4, -0.2) is 26.9 Å². The summed E-state index contributed by atoms with van der Waals surface area (Å²) >= 11 is 0. The van der Waals surface area contributed by atoms with Gasteiger partial charge in [0.15, 0.2) is 11.4 Å². The quantitative estimate of drug-likeness (QED) is 0.814. The van der Waals surface area contributed by atoms with E-state index >= 15 is 0 Å². The van der Waals surface area contributed by atoms with Crippen LogP contribution < -0.4 is 10.2 Å². The van der Waals surface area contributed by atoms with E-state index < -0.39 is 17.5 Å². The molecule has 0 bridgehead atoms. The fourth-order valence-electron chi connectivity index (χ4n) is 2.15. The van der Waals surface area contributed by atoms with Crippen molar-refractivity contribution in [1.29, 1.82) is 0 Å². The molecule has 1 heterocycles. The first-order chi connectivity index (χ1) is 11.0. The van der Waals surface area contributed by atoms with E-state index in [1.165, 1.54) is 16.8 Å². The van der Waals surface area contributed by atoms with Crippen molar-refractivity contribution in [3.05, 3.63) is 64.1 Å². The van der Waals surface area contributed by atoms with Crippen LogP contribution >= 0.6 is 0 Å². The molecule has 2 rings (SSSR count). The van der Waals surface area contributed by atoms with Crippen molar-refractivity contribution in [3.63, 3.8) is 0 Å². The maximum Gasteiger partial charge on any atom is 0.356 e. The molecule has 0 saturated heterocycles. The maximum atomic E-state index is 12.0. The van der Waals surface area contributed by atoms with Crippen molar-refractivity contribution in [2.75, 3.05) is 0 Å². The Morgan fingerprint density at radius 3 is 2.57 bits per heavy atom. The number of rotatable bonds is 7. The third-order valence-corrected chi connectivity index (χ3v) is 3.44. The third kappa shape index (κ3) is 4.20. The van der Waals surface area contributed by atoms with E-state index in [0.29, 0.717) is 6.42 Å². The first kappa shape index (κ1) is 16.8. The average molecular weight is 317 g/mol. The molecule has 23 heavy (non-hydrogen) atoms. The van der Waals surface area contributed by atoms with Crippen molar-refractivity contribution in [3.8, 4) is 5.75 Å². The number of carboxylic acid groups (broad SMARTS) is 1. The van der Waals surface area contributed by atoms with E-state index in [0.717, 1.165) is 5.56 Å². The van der Waals surface area contributed by atoms with Crippen LogP contribution in [0.25, 0.3) is 0 Å². The second kappa shape index (κ2) is 7.60. The SMILES string of the molecule is CCC(O)Cn1ccc(=O)c(OCc2ccccc2)c1C(=O)O. The maximum absolute atomic E-state index is 12.0. The van der Waals surface area contributed by atoms with Gasteiger partial charge in [-0.2, -0.15) is 0 Å². The molecule has 1 aromatic heterocycles. The molecule has 0 radical (unpaired) electrons. The summed E-state index contributed by atoms with van der Waals surface area (Å²) in [5.41, 5.74) is 0.0775. The first-order valence-electron chi connectivity index (χ1n) is 7.34. The number of nitrogens with zero attached hydrogens (tertiary/aromatic N) is 1. The summed E-state index contributed by atoms with van der Waals surface area (Å²) < 4.78 is 6.81. The van der Waals surface area contributed by atoms with Gasteiger partial charge in [0.05, 0.1) is 6.10 Å². The smallest absolute Gasteiger partial charge is 0.356 e. The number of hydrogen-bond donors (Lipinski definition) is 2. The number of carbonyl (C=O) groups is 1. The fourth-order valence-corrected chi connectivity index (χ4v) is 2.15. The lowest BCUT2D eigenvalue weighted by Gasteiger charge is -2.17.